The maximum atomic E-state index is 13.8. The highest BCUT2D eigenvalue weighted by atomic mass is 32.2. The molecule has 8 heteroatoms. The van der Waals surface area contributed by atoms with Crippen molar-refractivity contribution in [3.05, 3.63) is 83.5 Å². The Kier molecular flexibility index (Phi) is 7.02. The number of hydrogen-bond donors (Lipinski definition) is 3. The molecule has 1 saturated heterocycles. The molecule has 0 bridgehead atoms. The fraction of sp³-hybridized carbons (Fsp3) is 0.486. The minimum Gasteiger partial charge on any atom is -0.399 e. The van der Waals surface area contributed by atoms with E-state index in [1.165, 1.54) is 0 Å². The highest BCUT2D eigenvalue weighted by Crippen LogP contribution is 2.70. The van der Waals surface area contributed by atoms with Crippen LogP contribution in [-0.4, -0.2) is 46.2 Å². The summed E-state index contributed by atoms with van der Waals surface area (Å²) in [5.41, 5.74) is 7.24. The third-order valence-corrected chi connectivity index (χ3v) is 12.3. The van der Waals surface area contributed by atoms with E-state index in [0.717, 1.165) is 45.9 Å². The van der Waals surface area contributed by atoms with Crippen LogP contribution in [0.4, 0.5) is 5.69 Å². The second-order valence-corrected chi connectivity index (χ2v) is 14.5. The van der Waals surface area contributed by atoms with Gasteiger partial charge in [-0.2, -0.15) is 0 Å². The van der Waals surface area contributed by atoms with Crippen molar-refractivity contribution >= 4 is 29.0 Å². The van der Waals surface area contributed by atoms with Gasteiger partial charge in [-0.15, -0.1) is 11.8 Å². The number of aliphatic hydroxyl groups excluding tert-OH is 2. The molecule has 2 aromatic rings. The van der Waals surface area contributed by atoms with Crippen molar-refractivity contribution in [3.8, 4) is 0 Å². The van der Waals surface area contributed by atoms with Crippen LogP contribution in [0, 0.1) is 28.6 Å². The van der Waals surface area contributed by atoms with Crippen molar-refractivity contribution < 1.29 is 29.3 Å². The molecule has 4 fully saturated rings. The standard InChI is InChI=1S/C35H39NO6S/c1-33-12-11-24(38)15-22(33)9-10-26-27-16-30-35(29(40)18-37,34(27,2)17-28(39)31(26)33)42-32(41-30)21-6-4-8-25(14-21)43-19-20-5-3-7-23(36)13-20/h3-8,11-15,26-28,30-32,37,39H,9-10,16-19,36H2,1-2H3/t26-,27-,28-,30+,31+,32+,33-,34-,35+/m0/s1. The lowest BCUT2D eigenvalue weighted by molar-refractivity contribution is -0.201. The predicted octanol–water partition coefficient (Wildman–Crippen LogP) is 5.16. The van der Waals surface area contributed by atoms with Crippen molar-refractivity contribution in [1.82, 2.24) is 0 Å². The first-order chi connectivity index (χ1) is 20.6. The number of aliphatic hydroxyl groups is 2. The first-order valence-corrected chi connectivity index (χ1v) is 16.2. The van der Waals surface area contributed by atoms with E-state index in [0.29, 0.717) is 12.8 Å². The predicted molar refractivity (Wildman–Crippen MR) is 164 cm³/mol. The number of Topliss-reactive ketones (excluding diaryl/α,β-unsaturated/α-hetero) is 1. The molecule has 0 unspecified atom stereocenters. The van der Waals surface area contributed by atoms with E-state index in [1.807, 2.05) is 48.5 Å². The Morgan fingerprint density at radius 2 is 1.98 bits per heavy atom. The molecular weight excluding hydrogens is 562 g/mol. The minimum atomic E-state index is -1.36. The largest absolute Gasteiger partial charge is 0.399 e. The minimum absolute atomic E-state index is 0.00373. The average molecular weight is 602 g/mol. The smallest absolute Gasteiger partial charge is 0.193 e. The van der Waals surface area contributed by atoms with E-state index < -0.39 is 41.5 Å². The highest BCUT2D eigenvalue weighted by molar-refractivity contribution is 7.98. The average Bonchev–Trinajstić information content (AvgIpc) is 3.49. The zero-order chi connectivity index (χ0) is 30.1. The summed E-state index contributed by atoms with van der Waals surface area (Å²) in [7, 11) is 0. The van der Waals surface area contributed by atoms with Gasteiger partial charge in [0.05, 0.1) is 12.2 Å². The molecule has 2 aromatic carbocycles. The van der Waals surface area contributed by atoms with Crippen molar-refractivity contribution in [2.75, 3.05) is 12.3 Å². The van der Waals surface area contributed by atoms with Gasteiger partial charge in [0, 0.05) is 38.6 Å². The molecule has 1 heterocycles. The molecule has 43 heavy (non-hydrogen) atoms. The summed E-state index contributed by atoms with van der Waals surface area (Å²) in [6.07, 6.45) is 5.96. The zero-order valence-corrected chi connectivity index (χ0v) is 25.4. The normalized spacial score (nSPS) is 39.4. The van der Waals surface area contributed by atoms with Gasteiger partial charge in [0.1, 0.15) is 6.61 Å². The molecule has 4 aliphatic carbocycles. The number of fused-ring (bicyclic) bond motifs is 7. The Bertz CT molecular complexity index is 1540. The molecule has 0 radical (unpaired) electrons. The number of nitrogen functional groups attached to an aromatic ring is 1. The van der Waals surface area contributed by atoms with Crippen LogP contribution >= 0.6 is 11.8 Å². The van der Waals surface area contributed by atoms with Gasteiger partial charge in [0.2, 0.25) is 0 Å². The third kappa shape index (κ3) is 4.32. The summed E-state index contributed by atoms with van der Waals surface area (Å²) in [6, 6.07) is 15.8. The van der Waals surface area contributed by atoms with Crippen molar-refractivity contribution in [3.63, 3.8) is 0 Å². The summed E-state index contributed by atoms with van der Waals surface area (Å²) in [4.78, 5) is 27.0. The van der Waals surface area contributed by atoms with Crippen LogP contribution in [0.3, 0.4) is 0 Å². The number of hydrogen-bond acceptors (Lipinski definition) is 8. The van der Waals surface area contributed by atoms with E-state index in [4.69, 9.17) is 15.2 Å². The van der Waals surface area contributed by atoms with Crippen LogP contribution in [0.1, 0.15) is 56.9 Å². The summed E-state index contributed by atoms with van der Waals surface area (Å²) in [6.45, 7) is 3.54. The van der Waals surface area contributed by atoms with E-state index in [-0.39, 0.29) is 29.3 Å². The lowest BCUT2D eigenvalue weighted by atomic mass is 9.46. The number of rotatable bonds is 6. The molecule has 7 nitrogen and oxygen atoms in total. The fourth-order valence-electron chi connectivity index (χ4n) is 9.43. The quantitative estimate of drug-likeness (QED) is 0.307. The summed E-state index contributed by atoms with van der Waals surface area (Å²) in [5.74, 6) is 0.500. The van der Waals surface area contributed by atoms with Crippen LogP contribution < -0.4 is 5.73 Å². The van der Waals surface area contributed by atoms with E-state index in [1.54, 1.807) is 23.9 Å². The molecule has 0 spiro atoms. The monoisotopic (exact) mass is 601 g/mol. The number of anilines is 1. The Labute approximate surface area is 256 Å². The summed E-state index contributed by atoms with van der Waals surface area (Å²) in [5, 5.41) is 22.1. The summed E-state index contributed by atoms with van der Waals surface area (Å²) < 4.78 is 13.4. The number of ether oxygens (including phenoxy) is 2. The van der Waals surface area contributed by atoms with E-state index >= 15 is 0 Å². The molecule has 226 valence electrons. The number of ketones is 2. The second-order valence-electron chi connectivity index (χ2n) is 13.4. The van der Waals surface area contributed by atoms with Crippen LogP contribution in [0.5, 0.6) is 0 Å². The molecule has 7 rings (SSSR count). The van der Waals surface area contributed by atoms with Gasteiger partial charge < -0.3 is 25.4 Å². The summed E-state index contributed by atoms with van der Waals surface area (Å²) >= 11 is 1.69. The lowest BCUT2D eigenvalue weighted by Crippen LogP contribution is -2.63. The van der Waals surface area contributed by atoms with Crippen LogP contribution in [0.15, 0.2) is 77.2 Å². The lowest BCUT2D eigenvalue weighted by Gasteiger charge is -2.59. The van der Waals surface area contributed by atoms with Crippen LogP contribution in [-0.2, 0) is 24.8 Å². The first kappa shape index (κ1) is 29.0. The molecule has 4 N–H and O–H groups in total. The van der Waals surface area contributed by atoms with Gasteiger partial charge in [-0.1, -0.05) is 49.8 Å². The van der Waals surface area contributed by atoms with Crippen LogP contribution in [0.2, 0.25) is 0 Å². The molecular formula is C35H39NO6S. The molecule has 9 atom stereocenters. The van der Waals surface area contributed by atoms with Gasteiger partial charge in [0.25, 0.3) is 0 Å². The third-order valence-electron chi connectivity index (χ3n) is 11.3. The highest BCUT2D eigenvalue weighted by Gasteiger charge is 2.75. The Morgan fingerprint density at radius 1 is 1.16 bits per heavy atom. The molecule has 0 amide bonds. The molecule has 3 saturated carbocycles. The maximum absolute atomic E-state index is 13.8. The Hall–Kier alpha value is -2.75. The first-order valence-electron chi connectivity index (χ1n) is 15.3. The SMILES string of the molecule is C[C@]12C=CC(=O)C=C1CC[C@@H]1[C@@H]2[C@@H](O)C[C@@]2(C)[C@H]1C[C@H]1O[C@@H](c3cccc(SCc4cccc(N)c4)c3)O[C@]12C(=O)CO. The Balaban J connectivity index is 1.17. The number of allylic oxidation sites excluding steroid dienone is 4. The topological polar surface area (TPSA) is 119 Å². The number of benzene rings is 2. The van der Waals surface area contributed by atoms with Gasteiger partial charge in [-0.05, 0) is 79.5 Å². The van der Waals surface area contributed by atoms with Crippen molar-refractivity contribution in [2.45, 2.75) is 74.3 Å². The van der Waals surface area contributed by atoms with Crippen LogP contribution in [0.25, 0.3) is 0 Å². The van der Waals surface area contributed by atoms with Crippen molar-refractivity contribution in [2.24, 2.45) is 28.6 Å². The number of thioether (sulfide) groups is 1. The van der Waals surface area contributed by atoms with Gasteiger partial charge >= 0.3 is 0 Å². The number of carbonyl (C=O) groups excluding carboxylic acids is 2. The van der Waals surface area contributed by atoms with Gasteiger partial charge in [-0.25, -0.2) is 0 Å². The van der Waals surface area contributed by atoms with Gasteiger partial charge in [-0.3, -0.25) is 9.59 Å². The van der Waals surface area contributed by atoms with E-state index in [9.17, 15) is 19.8 Å². The fourth-order valence-corrected chi connectivity index (χ4v) is 10.3. The zero-order valence-electron chi connectivity index (χ0n) is 24.6. The molecule has 5 aliphatic rings. The van der Waals surface area contributed by atoms with E-state index in [2.05, 4.69) is 19.9 Å². The number of carbonyl (C=O) groups is 2. The number of nitrogens with two attached hydrogens (primary N) is 1. The van der Waals surface area contributed by atoms with Gasteiger partial charge in [0.15, 0.2) is 23.5 Å². The van der Waals surface area contributed by atoms with Crippen molar-refractivity contribution in [1.29, 1.82) is 0 Å². The Morgan fingerprint density at radius 3 is 2.77 bits per heavy atom. The molecule has 0 aromatic heterocycles. The maximum Gasteiger partial charge on any atom is 0.193 e. The molecule has 1 aliphatic heterocycles. The second kappa shape index (κ2) is 10.4.